The van der Waals surface area contributed by atoms with E-state index in [1.54, 1.807) is 0 Å². The number of nitrogen functional groups attached to an aromatic ring is 1. The largest absolute Gasteiger partial charge is 0.424 e. The maximum atomic E-state index is 13.6. The smallest absolute Gasteiger partial charge is 0.416 e. The van der Waals surface area contributed by atoms with Gasteiger partial charge in [-0.1, -0.05) is 6.92 Å². The van der Waals surface area contributed by atoms with Crippen LogP contribution in [-0.2, 0) is 6.18 Å². The van der Waals surface area contributed by atoms with Gasteiger partial charge in [0.15, 0.2) is 0 Å². The third kappa shape index (κ3) is 4.53. The summed E-state index contributed by atoms with van der Waals surface area (Å²) in [4.78, 5) is 20.4. The first-order chi connectivity index (χ1) is 13.7. The number of hydrogen-bond acceptors (Lipinski definition) is 5. The number of amides is 1. The standard InChI is InChI=1S/C19H16F4N4O2/c1-2-7-25-17(28)16-12-5-3-10(19(21,22)23)8-15(12)26-18(27-16)29-11-4-6-14(24)13(20)9-11/h3-6,8-9H,2,7,24H2,1H3,(H,25,28). The van der Waals surface area contributed by atoms with Gasteiger partial charge in [0.2, 0.25) is 0 Å². The van der Waals surface area contributed by atoms with E-state index in [0.29, 0.717) is 13.0 Å². The number of nitrogens with zero attached hydrogens (tertiary/aromatic N) is 2. The van der Waals surface area contributed by atoms with Gasteiger partial charge < -0.3 is 15.8 Å². The predicted molar refractivity (Wildman–Crippen MR) is 98.1 cm³/mol. The number of nitrogens with two attached hydrogens (primary N) is 1. The van der Waals surface area contributed by atoms with Gasteiger partial charge in [0.1, 0.15) is 17.3 Å². The highest BCUT2D eigenvalue weighted by Gasteiger charge is 2.31. The molecule has 0 aliphatic rings. The Morgan fingerprint density at radius 1 is 1.17 bits per heavy atom. The molecule has 10 heteroatoms. The molecule has 0 spiro atoms. The summed E-state index contributed by atoms with van der Waals surface area (Å²) < 4.78 is 58.2. The summed E-state index contributed by atoms with van der Waals surface area (Å²) in [5.41, 5.74) is 4.07. The molecule has 0 aliphatic carbocycles. The molecule has 2 aromatic carbocycles. The third-order valence-corrected chi connectivity index (χ3v) is 3.94. The molecular formula is C19H16F4N4O2. The second-order valence-electron chi connectivity index (χ2n) is 6.13. The van der Waals surface area contributed by atoms with Crippen LogP contribution in [0, 0.1) is 5.82 Å². The number of alkyl halides is 3. The van der Waals surface area contributed by atoms with E-state index in [-0.39, 0.29) is 28.0 Å². The number of carbonyl (C=O) groups is 1. The molecule has 1 heterocycles. The Bertz CT molecular complexity index is 1070. The van der Waals surface area contributed by atoms with Crippen molar-refractivity contribution in [2.45, 2.75) is 19.5 Å². The van der Waals surface area contributed by atoms with Gasteiger partial charge >= 0.3 is 12.2 Å². The van der Waals surface area contributed by atoms with Crippen molar-refractivity contribution in [3.63, 3.8) is 0 Å². The lowest BCUT2D eigenvalue weighted by atomic mass is 10.1. The van der Waals surface area contributed by atoms with E-state index in [2.05, 4.69) is 15.3 Å². The summed E-state index contributed by atoms with van der Waals surface area (Å²) in [6.07, 6.45) is -3.94. The minimum atomic E-state index is -4.59. The van der Waals surface area contributed by atoms with Crippen molar-refractivity contribution in [3.05, 3.63) is 53.5 Å². The maximum absolute atomic E-state index is 13.6. The number of halogens is 4. The van der Waals surface area contributed by atoms with E-state index in [1.807, 2.05) is 6.92 Å². The van der Waals surface area contributed by atoms with Crippen LogP contribution < -0.4 is 15.8 Å². The molecule has 0 aliphatic heterocycles. The molecule has 152 valence electrons. The topological polar surface area (TPSA) is 90.1 Å². The molecule has 0 radical (unpaired) electrons. The first-order valence-corrected chi connectivity index (χ1v) is 8.59. The fourth-order valence-electron chi connectivity index (χ4n) is 2.50. The zero-order valence-corrected chi connectivity index (χ0v) is 15.2. The Hall–Kier alpha value is -3.43. The van der Waals surface area contributed by atoms with E-state index in [0.717, 1.165) is 24.3 Å². The highest BCUT2D eigenvalue weighted by Crippen LogP contribution is 2.32. The molecule has 0 atom stereocenters. The second kappa shape index (κ2) is 7.90. The summed E-state index contributed by atoms with van der Waals surface area (Å²) in [7, 11) is 0. The molecule has 0 bridgehead atoms. The molecule has 1 amide bonds. The van der Waals surface area contributed by atoms with Crippen LogP contribution in [-0.4, -0.2) is 22.4 Å². The van der Waals surface area contributed by atoms with Gasteiger partial charge in [-0.25, -0.2) is 4.39 Å². The molecule has 6 nitrogen and oxygen atoms in total. The number of rotatable bonds is 5. The molecule has 3 rings (SSSR count). The summed E-state index contributed by atoms with van der Waals surface area (Å²) >= 11 is 0. The summed E-state index contributed by atoms with van der Waals surface area (Å²) in [5.74, 6) is -1.36. The van der Waals surface area contributed by atoms with Crippen LogP contribution in [0.2, 0.25) is 0 Å². The zero-order chi connectivity index (χ0) is 21.2. The van der Waals surface area contributed by atoms with Crippen LogP contribution in [0.15, 0.2) is 36.4 Å². The lowest BCUT2D eigenvalue weighted by Gasteiger charge is -2.12. The highest BCUT2D eigenvalue weighted by molar-refractivity contribution is 6.04. The molecule has 0 saturated carbocycles. The monoisotopic (exact) mass is 408 g/mol. The van der Waals surface area contributed by atoms with Crippen LogP contribution >= 0.6 is 0 Å². The number of anilines is 1. The predicted octanol–water partition coefficient (Wildman–Crippen LogP) is 4.30. The van der Waals surface area contributed by atoms with E-state index in [9.17, 15) is 22.4 Å². The van der Waals surface area contributed by atoms with Crippen molar-refractivity contribution in [2.75, 3.05) is 12.3 Å². The van der Waals surface area contributed by atoms with Crippen molar-refractivity contribution in [1.82, 2.24) is 15.3 Å². The summed E-state index contributed by atoms with van der Waals surface area (Å²) in [6.45, 7) is 2.20. The Kier molecular flexibility index (Phi) is 5.53. The van der Waals surface area contributed by atoms with E-state index in [1.165, 1.54) is 12.1 Å². The highest BCUT2D eigenvalue weighted by atomic mass is 19.4. The number of hydrogen-bond donors (Lipinski definition) is 2. The Balaban J connectivity index is 2.10. The molecule has 0 unspecified atom stereocenters. The number of fused-ring (bicyclic) bond motifs is 1. The number of ether oxygens (including phenoxy) is 1. The van der Waals surface area contributed by atoms with Crippen LogP contribution in [0.5, 0.6) is 11.8 Å². The van der Waals surface area contributed by atoms with Crippen molar-refractivity contribution in [3.8, 4) is 11.8 Å². The molecule has 0 saturated heterocycles. The fraction of sp³-hybridized carbons (Fsp3) is 0.211. The van der Waals surface area contributed by atoms with Gasteiger partial charge in [0.05, 0.1) is 16.8 Å². The van der Waals surface area contributed by atoms with E-state index in [4.69, 9.17) is 10.5 Å². The molecule has 0 fully saturated rings. The van der Waals surface area contributed by atoms with Gasteiger partial charge in [0.25, 0.3) is 5.91 Å². The SMILES string of the molecule is CCCNC(=O)c1nc(Oc2ccc(N)c(F)c2)nc2cc(C(F)(F)F)ccc12. The zero-order valence-electron chi connectivity index (χ0n) is 15.2. The lowest BCUT2D eigenvalue weighted by molar-refractivity contribution is -0.137. The molecular weight excluding hydrogens is 392 g/mol. The lowest BCUT2D eigenvalue weighted by Crippen LogP contribution is -2.25. The van der Waals surface area contributed by atoms with Gasteiger partial charge in [-0.05, 0) is 36.8 Å². The van der Waals surface area contributed by atoms with Crippen LogP contribution in [0.1, 0.15) is 29.4 Å². The number of nitrogens with one attached hydrogen (secondary N) is 1. The van der Waals surface area contributed by atoms with E-state index >= 15 is 0 Å². The van der Waals surface area contributed by atoms with Gasteiger partial charge in [-0.2, -0.15) is 23.1 Å². The van der Waals surface area contributed by atoms with Crippen LogP contribution in [0.4, 0.5) is 23.2 Å². The quantitative estimate of drug-likeness (QED) is 0.485. The van der Waals surface area contributed by atoms with Crippen molar-refractivity contribution in [2.24, 2.45) is 0 Å². The number of aromatic nitrogens is 2. The van der Waals surface area contributed by atoms with Crippen LogP contribution in [0.3, 0.4) is 0 Å². The molecule has 3 N–H and O–H groups in total. The van der Waals surface area contributed by atoms with Gasteiger partial charge in [-0.15, -0.1) is 0 Å². The molecule has 1 aromatic heterocycles. The van der Waals surface area contributed by atoms with E-state index < -0.39 is 29.5 Å². The first kappa shape index (κ1) is 20.3. The summed E-state index contributed by atoms with van der Waals surface area (Å²) in [6, 6.07) is 5.94. The number of carbonyl (C=O) groups excluding carboxylic acids is 1. The van der Waals surface area contributed by atoms with Crippen molar-refractivity contribution < 1.29 is 27.1 Å². The third-order valence-electron chi connectivity index (χ3n) is 3.94. The fourth-order valence-corrected chi connectivity index (χ4v) is 2.50. The van der Waals surface area contributed by atoms with Crippen molar-refractivity contribution >= 4 is 22.5 Å². The Labute approximate surface area is 162 Å². The molecule has 3 aromatic rings. The average molecular weight is 408 g/mol. The second-order valence-corrected chi connectivity index (χ2v) is 6.13. The maximum Gasteiger partial charge on any atom is 0.416 e. The van der Waals surface area contributed by atoms with Gasteiger partial charge in [0, 0.05) is 18.0 Å². The normalized spacial score (nSPS) is 11.5. The minimum Gasteiger partial charge on any atom is -0.424 e. The Morgan fingerprint density at radius 3 is 2.59 bits per heavy atom. The first-order valence-electron chi connectivity index (χ1n) is 8.59. The van der Waals surface area contributed by atoms with Crippen LogP contribution in [0.25, 0.3) is 10.9 Å². The summed E-state index contributed by atoms with van der Waals surface area (Å²) in [5, 5.41) is 2.74. The average Bonchev–Trinajstić information content (AvgIpc) is 2.67. The van der Waals surface area contributed by atoms with Crippen molar-refractivity contribution in [1.29, 1.82) is 0 Å². The number of benzene rings is 2. The minimum absolute atomic E-state index is 0.0251. The molecule has 29 heavy (non-hydrogen) atoms. The van der Waals surface area contributed by atoms with Gasteiger partial charge in [-0.3, -0.25) is 4.79 Å². The Morgan fingerprint density at radius 2 is 1.93 bits per heavy atom.